The molecule has 2 heterocycles. The highest BCUT2D eigenvalue weighted by Gasteiger charge is 2.25. The van der Waals surface area contributed by atoms with Gasteiger partial charge in [0, 0.05) is 18.0 Å². The summed E-state index contributed by atoms with van der Waals surface area (Å²) >= 11 is 0. The average molecular weight is 136 g/mol. The highest BCUT2D eigenvalue weighted by Crippen LogP contribution is 2.28. The molecule has 1 atom stereocenters. The van der Waals surface area contributed by atoms with Crippen molar-refractivity contribution >= 4 is 6.20 Å². The van der Waals surface area contributed by atoms with Gasteiger partial charge in [0.2, 0.25) is 0 Å². The Bertz CT molecular complexity index is 250. The van der Waals surface area contributed by atoms with Gasteiger partial charge in [0.15, 0.2) is 0 Å². The number of hydrogen-bond donors (Lipinski definition) is 0. The number of epoxide rings is 1. The Morgan fingerprint density at radius 1 is 1.90 bits per heavy atom. The van der Waals surface area contributed by atoms with Gasteiger partial charge < -0.3 is 4.74 Å². The van der Waals surface area contributed by atoms with Gasteiger partial charge in [0.25, 0.3) is 0 Å². The summed E-state index contributed by atoms with van der Waals surface area (Å²) in [5.74, 6) is 0. The van der Waals surface area contributed by atoms with Gasteiger partial charge in [-0.1, -0.05) is 6.58 Å². The van der Waals surface area contributed by atoms with Gasteiger partial charge in [-0.25, -0.2) is 4.68 Å². The molecule has 0 radical (unpaired) electrons. The molecule has 1 aliphatic rings. The van der Waals surface area contributed by atoms with E-state index in [-0.39, 0.29) is 0 Å². The van der Waals surface area contributed by atoms with Crippen LogP contribution in [0.1, 0.15) is 11.7 Å². The van der Waals surface area contributed by atoms with Crippen LogP contribution >= 0.6 is 0 Å². The minimum atomic E-state index is 0.300. The third-order valence-corrected chi connectivity index (χ3v) is 1.51. The van der Waals surface area contributed by atoms with Gasteiger partial charge in [0.05, 0.1) is 12.8 Å². The fourth-order valence-corrected chi connectivity index (χ4v) is 0.859. The number of rotatable bonds is 2. The van der Waals surface area contributed by atoms with Crippen molar-refractivity contribution in [2.24, 2.45) is 0 Å². The van der Waals surface area contributed by atoms with E-state index in [0.717, 1.165) is 12.2 Å². The molecule has 1 fully saturated rings. The van der Waals surface area contributed by atoms with Crippen molar-refractivity contribution < 1.29 is 4.74 Å². The maximum atomic E-state index is 5.06. The maximum Gasteiger partial charge on any atom is 0.109 e. The molecule has 10 heavy (non-hydrogen) atoms. The monoisotopic (exact) mass is 136 g/mol. The summed E-state index contributed by atoms with van der Waals surface area (Å²) in [5.41, 5.74) is 1.14. The summed E-state index contributed by atoms with van der Waals surface area (Å²) in [7, 11) is 0. The molecule has 0 saturated carbocycles. The third-order valence-electron chi connectivity index (χ3n) is 1.51. The topological polar surface area (TPSA) is 30.4 Å². The summed E-state index contributed by atoms with van der Waals surface area (Å²) in [4.78, 5) is 0. The minimum absolute atomic E-state index is 0.300. The highest BCUT2D eigenvalue weighted by atomic mass is 16.6. The second-order valence-corrected chi connectivity index (χ2v) is 2.26. The molecule has 3 heteroatoms. The van der Waals surface area contributed by atoms with Crippen LogP contribution in [0.15, 0.2) is 19.0 Å². The fourth-order valence-electron chi connectivity index (χ4n) is 0.859. The van der Waals surface area contributed by atoms with Gasteiger partial charge in [0.1, 0.15) is 6.10 Å². The SMILES string of the molecule is C=Cn1cc([C@H]2CO2)cn1. The summed E-state index contributed by atoms with van der Waals surface area (Å²) in [6.07, 6.45) is 5.68. The third kappa shape index (κ3) is 0.844. The van der Waals surface area contributed by atoms with Crippen LogP contribution < -0.4 is 0 Å². The van der Waals surface area contributed by atoms with Crippen molar-refractivity contribution in [3.63, 3.8) is 0 Å². The molecule has 3 nitrogen and oxygen atoms in total. The molecule has 2 rings (SSSR count). The standard InChI is InChI=1S/C7H8N2O/c1-2-9-4-6(3-8-9)7-5-10-7/h2-4,7H,1,5H2/t7-/m1/s1. The van der Waals surface area contributed by atoms with E-state index in [2.05, 4.69) is 11.7 Å². The molecule has 0 aromatic carbocycles. The lowest BCUT2D eigenvalue weighted by atomic mass is 10.3. The van der Waals surface area contributed by atoms with Gasteiger partial charge in [-0.3, -0.25) is 0 Å². The summed E-state index contributed by atoms with van der Waals surface area (Å²) < 4.78 is 6.74. The number of ether oxygens (including phenoxy) is 1. The van der Waals surface area contributed by atoms with Crippen LogP contribution in [0.5, 0.6) is 0 Å². The van der Waals surface area contributed by atoms with E-state index in [4.69, 9.17) is 4.74 Å². The first-order valence-corrected chi connectivity index (χ1v) is 3.18. The van der Waals surface area contributed by atoms with E-state index in [0.29, 0.717) is 6.10 Å². The Labute approximate surface area is 58.9 Å². The number of nitrogens with zero attached hydrogens (tertiary/aromatic N) is 2. The van der Waals surface area contributed by atoms with Crippen LogP contribution in [0.25, 0.3) is 6.20 Å². The first-order valence-electron chi connectivity index (χ1n) is 3.18. The molecule has 52 valence electrons. The van der Waals surface area contributed by atoms with Crippen molar-refractivity contribution in [2.75, 3.05) is 6.61 Å². The van der Waals surface area contributed by atoms with Gasteiger partial charge in [-0.05, 0) is 0 Å². The van der Waals surface area contributed by atoms with Crippen molar-refractivity contribution in [3.8, 4) is 0 Å². The zero-order valence-electron chi connectivity index (χ0n) is 5.53. The van der Waals surface area contributed by atoms with E-state index in [1.54, 1.807) is 17.1 Å². The Balaban J connectivity index is 2.26. The quantitative estimate of drug-likeness (QED) is 0.569. The van der Waals surface area contributed by atoms with Crippen LogP contribution in [-0.2, 0) is 4.74 Å². The summed E-state index contributed by atoms with van der Waals surface area (Å²) in [6, 6.07) is 0. The van der Waals surface area contributed by atoms with E-state index in [1.165, 1.54) is 0 Å². The molecule has 0 spiro atoms. The molecule has 1 aromatic heterocycles. The van der Waals surface area contributed by atoms with Crippen LogP contribution in [0.4, 0.5) is 0 Å². The molecule has 0 bridgehead atoms. The van der Waals surface area contributed by atoms with Crippen molar-refractivity contribution in [1.29, 1.82) is 0 Å². The lowest BCUT2D eigenvalue weighted by Gasteiger charge is -1.84. The van der Waals surface area contributed by atoms with Crippen molar-refractivity contribution in [3.05, 3.63) is 24.5 Å². The minimum Gasteiger partial charge on any atom is -0.368 e. The van der Waals surface area contributed by atoms with E-state index >= 15 is 0 Å². The van der Waals surface area contributed by atoms with Crippen LogP contribution in [0, 0.1) is 0 Å². The lowest BCUT2D eigenvalue weighted by Crippen LogP contribution is -1.81. The molecule has 1 saturated heterocycles. The fraction of sp³-hybridized carbons (Fsp3) is 0.286. The molecule has 0 aliphatic carbocycles. The van der Waals surface area contributed by atoms with E-state index in [9.17, 15) is 0 Å². The maximum absolute atomic E-state index is 5.06. The first kappa shape index (κ1) is 5.68. The van der Waals surface area contributed by atoms with Gasteiger partial charge in [-0.2, -0.15) is 5.10 Å². The molecule has 1 aromatic rings. The van der Waals surface area contributed by atoms with Crippen molar-refractivity contribution in [1.82, 2.24) is 9.78 Å². The van der Waals surface area contributed by atoms with Crippen LogP contribution in [0.2, 0.25) is 0 Å². The Hall–Kier alpha value is -1.09. The Morgan fingerprint density at radius 3 is 3.20 bits per heavy atom. The molecular formula is C7H8N2O. The zero-order valence-corrected chi connectivity index (χ0v) is 5.53. The average Bonchev–Trinajstić information content (AvgIpc) is 2.70. The zero-order chi connectivity index (χ0) is 6.97. The van der Waals surface area contributed by atoms with Crippen LogP contribution in [0.3, 0.4) is 0 Å². The largest absolute Gasteiger partial charge is 0.368 e. The second-order valence-electron chi connectivity index (χ2n) is 2.26. The lowest BCUT2D eigenvalue weighted by molar-refractivity contribution is 0.415. The highest BCUT2D eigenvalue weighted by molar-refractivity contribution is 5.20. The van der Waals surface area contributed by atoms with Crippen molar-refractivity contribution in [2.45, 2.75) is 6.10 Å². The predicted molar refractivity (Wildman–Crippen MR) is 37.3 cm³/mol. The number of hydrogen-bond acceptors (Lipinski definition) is 2. The van der Waals surface area contributed by atoms with Crippen LogP contribution in [-0.4, -0.2) is 16.4 Å². The molecular weight excluding hydrogens is 128 g/mol. The summed E-state index contributed by atoms with van der Waals surface area (Å²) in [5, 5.41) is 4.01. The molecule has 0 unspecified atom stereocenters. The van der Waals surface area contributed by atoms with Gasteiger partial charge >= 0.3 is 0 Å². The van der Waals surface area contributed by atoms with E-state index < -0.39 is 0 Å². The smallest absolute Gasteiger partial charge is 0.109 e. The molecule has 0 N–H and O–H groups in total. The number of aromatic nitrogens is 2. The summed E-state index contributed by atoms with van der Waals surface area (Å²) in [6.45, 7) is 4.42. The predicted octanol–water partition coefficient (Wildman–Crippen LogP) is 1.05. The van der Waals surface area contributed by atoms with E-state index in [1.807, 2.05) is 6.20 Å². The molecule has 1 aliphatic heterocycles. The second kappa shape index (κ2) is 1.95. The molecule has 0 amide bonds. The Kier molecular flexibility index (Phi) is 1.11. The first-order chi connectivity index (χ1) is 4.90. The van der Waals surface area contributed by atoms with Gasteiger partial charge in [-0.15, -0.1) is 0 Å². The normalized spacial score (nSPS) is 22.6. The Morgan fingerprint density at radius 2 is 2.70 bits per heavy atom.